The predicted molar refractivity (Wildman–Crippen MR) is 67.7 cm³/mol. The first kappa shape index (κ1) is 12.8. The van der Waals surface area contributed by atoms with Gasteiger partial charge in [0.2, 0.25) is 11.9 Å². The second-order valence-corrected chi connectivity index (χ2v) is 4.35. The zero-order chi connectivity index (χ0) is 13.0. The molecular formula is C11H19N5O2. The van der Waals surface area contributed by atoms with E-state index in [0.717, 1.165) is 25.9 Å². The average molecular weight is 253 g/mol. The summed E-state index contributed by atoms with van der Waals surface area (Å²) in [6, 6.07) is 0.258. The standard InChI is InChI=1S/C11H19N5O2/c1-8(7-17-2)18-11-14-9(12)13-10(15-11)16-5-3-4-6-16/h8H,3-7H2,1-2H3,(H2,12,13,14,15). The van der Waals surface area contributed by atoms with Gasteiger partial charge in [0.1, 0.15) is 6.10 Å². The number of anilines is 2. The molecule has 0 spiro atoms. The molecule has 7 nitrogen and oxygen atoms in total. The van der Waals surface area contributed by atoms with Gasteiger partial charge in [-0.1, -0.05) is 0 Å². The first-order valence-electron chi connectivity index (χ1n) is 6.11. The Morgan fingerprint density at radius 1 is 1.28 bits per heavy atom. The largest absolute Gasteiger partial charge is 0.458 e. The van der Waals surface area contributed by atoms with Crippen molar-refractivity contribution < 1.29 is 9.47 Å². The topological polar surface area (TPSA) is 86.4 Å². The van der Waals surface area contributed by atoms with Crippen LogP contribution >= 0.6 is 0 Å². The Morgan fingerprint density at radius 3 is 2.67 bits per heavy atom. The maximum absolute atomic E-state index is 5.68. The molecule has 0 saturated carbocycles. The molecule has 0 aliphatic carbocycles. The minimum absolute atomic E-state index is 0.122. The molecule has 1 atom stereocenters. The molecule has 2 heterocycles. The molecule has 0 bridgehead atoms. The number of aromatic nitrogens is 3. The van der Waals surface area contributed by atoms with Crippen LogP contribution in [-0.4, -0.2) is 47.9 Å². The van der Waals surface area contributed by atoms with E-state index in [-0.39, 0.29) is 18.1 Å². The van der Waals surface area contributed by atoms with E-state index in [9.17, 15) is 0 Å². The van der Waals surface area contributed by atoms with Crippen LogP contribution < -0.4 is 15.4 Å². The van der Waals surface area contributed by atoms with Crippen LogP contribution in [0.1, 0.15) is 19.8 Å². The van der Waals surface area contributed by atoms with E-state index in [1.165, 1.54) is 0 Å². The van der Waals surface area contributed by atoms with E-state index < -0.39 is 0 Å². The van der Waals surface area contributed by atoms with Crippen LogP contribution in [0.5, 0.6) is 6.01 Å². The summed E-state index contributed by atoms with van der Waals surface area (Å²) in [4.78, 5) is 14.5. The fraction of sp³-hybridized carbons (Fsp3) is 0.727. The predicted octanol–water partition coefficient (Wildman–Crippen LogP) is 0.468. The van der Waals surface area contributed by atoms with Gasteiger partial charge in [-0.3, -0.25) is 0 Å². The van der Waals surface area contributed by atoms with Gasteiger partial charge in [0.15, 0.2) is 0 Å². The van der Waals surface area contributed by atoms with Gasteiger partial charge < -0.3 is 20.1 Å². The molecular weight excluding hydrogens is 234 g/mol. The van der Waals surface area contributed by atoms with E-state index in [2.05, 4.69) is 19.9 Å². The fourth-order valence-corrected chi connectivity index (χ4v) is 1.92. The first-order chi connectivity index (χ1) is 8.69. The number of nitrogens with zero attached hydrogens (tertiary/aromatic N) is 4. The lowest BCUT2D eigenvalue weighted by atomic mass is 10.4. The molecule has 18 heavy (non-hydrogen) atoms. The van der Waals surface area contributed by atoms with Gasteiger partial charge in [0.05, 0.1) is 6.61 Å². The Hall–Kier alpha value is -1.63. The number of nitrogens with two attached hydrogens (primary N) is 1. The van der Waals surface area contributed by atoms with E-state index in [1.807, 2.05) is 6.92 Å². The normalized spacial score (nSPS) is 16.9. The third-order valence-electron chi connectivity index (χ3n) is 2.72. The van der Waals surface area contributed by atoms with Crippen molar-refractivity contribution in [3.05, 3.63) is 0 Å². The van der Waals surface area contributed by atoms with Crippen LogP contribution in [-0.2, 0) is 4.74 Å². The second kappa shape index (κ2) is 5.81. The highest BCUT2D eigenvalue weighted by atomic mass is 16.5. The molecule has 1 aromatic rings. The third-order valence-corrected chi connectivity index (χ3v) is 2.72. The van der Waals surface area contributed by atoms with Gasteiger partial charge >= 0.3 is 6.01 Å². The molecule has 1 fully saturated rings. The summed E-state index contributed by atoms with van der Waals surface area (Å²) in [6.07, 6.45) is 2.19. The van der Waals surface area contributed by atoms with Crippen molar-refractivity contribution in [2.24, 2.45) is 0 Å². The van der Waals surface area contributed by atoms with Crippen LogP contribution in [0.25, 0.3) is 0 Å². The maximum atomic E-state index is 5.68. The number of rotatable bonds is 5. The summed E-state index contributed by atoms with van der Waals surface area (Å²) in [7, 11) is 1.62. The Morgan fingerprint density at radius 2 is 2.00 bits per heavy atom. The van der Waals surface area contributed by atoms with Crippen LogP contribution in [0.3, 0.4) is 0 Å². The molecule has 2 rings (SSSR count). The summed E-state index contributed by atoms with van der Waals surface area (Å²) in [5.41, 5.74) is 5.68. The zero-order valence-corrected chi connectivity index (χ0v) is 10.8. The lowest BCUT2D eigenvalue weighted by Gasteiger charge is -2.17. The molecule has 2 N–H and O–H groups in total. The molecule has 1 unspecified atom stereocenters. The monoisotopic (exact) mass is 253 g/mol. The van der Waals surface area contributed by atoms with Crippen LogP contribution in [0, 0.1) is 0 Å². The highest BCUT2D eigenvalue weighted by Crippen LogP contribution is 2.18. The smallest absolute Gasteiger partial charge is 0.323 e. The van der Waals surface area contributed by atoms with Gasteiger partial charge in [-0.2, -0.15) is 15.0 Å². The summed E-state index contributed by atoms with van der Waals surface area (Å²) < 4.78 is 10.5. The molecule has 1 saturated heterocycles. The Bertz CT molecular complexity index is 395. The number of nitrogen functional groups attached to an aromatic ring is 1. The van der Waals surface area contributed by atoms with E-state index >= 15 is 0 Å². The summed E-state index contributed by atoms with van der Waals surface area (Å²) >= 11 is 0. The second-order valence-electron chi connectivity index (χ2n) is 4.35. The average Bonchev–Trinajstić information content (AvgIpc) is 2.81. The highest BCUT2D eigenvalue weighted by Gasteiger charge is 2.17. The minimum atomic E-state index is -0.122. The number of hydrogen-bond donors (Lipinski definition) is 1. The number of ether oxygens (including phenoxy) is 2. The Kier molecular flexibility index (Phi) is 4.14. The number of methoxy groups -OCH3 is 1. The lowest BCUT2D eigenvalue weighted by Crippen LogP contribution is -2.24. The van der Waals surface area contributed by atoms with Crippen LogP contribution in [0.4, 0.5) is 11.9 Å². The Balaban J connectivity index is 2.10. The molecule has 7 heteroatoms. The zero-order valence-electron chi connectivity index (χ0n) is 10.8. The first-order valence-corrected chi connectivity index (χ1v) is 6.11. The van der Waals surface area contributed by atoms with E-state index in [1.54, 1.807) is 7.11 Å². The van der Waals surface area contributed by atoms with Crippen molar-refractivity contribution in [1.82, 2.24) is 15.0 Å². The van der Waals surface area contributed by atoms with Gasteiger partial charge in [-0.25, -0.2) is 0 Å². The van der Waals surface area contributed by atoms with E-state index in [0.29, 0.717) is 12.6 Å². The van der Waals surface area contributed by atoms with Crippen molar-refractivity contribution in [1.29, 1.82) is 0 Å². The van der Waals surface area contributed by atoms with E-state index in [4.69, 9.17) is 15.2 Å². The minimum Gasteiger partial charge on any atom is -0.458 e. The lowest BCUT2D eigenvalue weighted by molar-refractivity contribution is 0.0855. The fourth-order valence-electron chi connectivity index (χ4n) is 1.92. The molecule has 1 aliphatic heterocycles. The van der Waals surface area contributed by atoms with Gasteiger partial charge in [0.25, 0.3) is 0 Å². The van der Waals surface area contributed by atoms with Crippen molar-refractivity contribution in [2.45, 2.75) is 25.9 Å². The highest BCUT2D eigenvalue weighted by molar-refractivity contribution is 5.36. The number of hydrogen-bond acceptors (Lipinski definition) is 7. The molecule has 100 valence electrons. The van der Waals surface area contributed by atoms with Gasteiger partial charge in [-0.05, 0) is 19.8 Å². The maximum Gasteiger partial charge on any atom is 0.323 e. The molecule has 0 aromatic carbocycles. The summed E-state index contributed by atoms with van der Waals surface area (Å²) in [5.74, 6) is 0.783. The van der Waals surface area contributed by atoms with Crippen LogP contribution in [0.2, 0.25) is 0 Å². The molecule has 0 radical (unpaired) electrons. The summed E-state index contributed by atoms with van der Waals surface area (Å²) in [5, 5.41) is 0. The third kappa shape index (κ3) is 3.19. The van der Waals surface area contributed by atoms with Gasteiger partial charge in [-0.15, -0.1) is 0 Å². The molecule has 1 aromatic heterocycles. The van der Waals surface area contributed by atoms with Crippen molar-refractivity contribution in [2.75, 3.05) is 37.4 Å². The van der Waals surface area contributed by atoms with Crippen molar-refractivity contribution in [3.63, 3.8) is 0 Å². The quantitative estimate of drug-likeness (QED) is 0.816. The molecule has 0 amide bonds. The Labute approximate surface area is 106 Å². The van der Waals surface area contributed by atoms with Crippen LogP contribution in [0.15, 0.2) is 0 Å². The van der Waals surface area contributed by atoms with Gasteiger partial charge in [0, 0.05) is 20.2 Å². The molecule has 1 aliphatic rings. The van der Waals surface area contributed by atoms with Crippen molar-refractivity contribution >= 4 is 11.9 Å². The van der Waals surface area contributed by atoms with Crippen molar-refractivity contribution in [3.8, 4) is 6.01 Å². The SMILES string of the molecule is COCC(C)Oc1nc(N)nc(N2CCCC2)n1. The summed E-state index contributed by atoms with van der Waals surface area (Å²) in [6.45, 7) is 4.27.